The summed E-state index contributed by atoms with van der Waals surface area (Å²) >= 11 is 0. The first-order valence-electron chi connectivity index (χ1n) is 8.48. The van der Waals surface area contributed by atoms with Gasteiger partial charge in [0.25, 0.3) is 0 Å². The largest absolute Gasteiger partial charge is 0.493 e. The Bertz CT molecular complexity index is 912. The minimum Gasteiger partial charge on any atom is -0.493 e. The number of hydrogen-bond donors (Lipinski definition) is 1. The molecule has 0 bridgehead atoms. The van der Waals surface area contributed by atoms with Crippen molar-refractivity contribution in [3.8, 4) is 11.5 Å². The van der Waals surface area contributed by atoms with Crippen LogP contribution in [0.15, 0.2) is 30.3 Å². The Morgan fingerprint density at radius 2 is 2.07 bits per heavy atom. The van der Waals surface area contributed by atoms with Gasteiger partial charge in [0.2, 0.25) is 5.91 Å². The molecule has 7 heteroatoms. The van der Waals surface area contributed by atoms with E-state index in [1.54, 1.807) is 6.07 Å². The van der Waals surface area contributed by atoms with Crippen LogP contribution in [0.3, 0.4) is 0 Å². The lowest BCUT2D eigenvalue weighted by atomic mass is 10.1. The summed E-state index contributed by atoms with van der Waals surface area (Å²) in [7, 11) is 0. The number of carbonyl (C=O) groups is 1. The molecule has 0 aromatic heterocycles. The highest BCUT2D eigenvalue weighted by molar-refractivity contribution is 6.02. The number of hydrogen-bond acceptors (Lipinski definition) is 3. The van der Waals surface area contributed by atoms with Gasteiger partial charge in [-0.1, -0.05) is 0 Å². The molecule has 4 nitrogen and oxygen atoms in total. The molecule has 0 saturated carbocycles. The summed E-state index contributed by atoms with van der Waals surface area (Å²) in [6, 6.07) is 5.33. The molecule has 27 heavy (non-hydrogen) atoms. The fourth-order valence-electron chi connectivity index (χ4n) is 2.83. The van der Waals surface area contributed by atoms with E-state index in [0.717, 1.165) is 35.9 Å². The lowest BCUT2D eigenvalue weighted by molar-refractivity contribution is -0.111. The molecular formula is C20H18F3NO3. The van der Waals surface area contributed by atoms with Crippen molar-refractivity contribution in [2.75, 3.05) is 11.9 Å². The Kier molecular flexibility index (Phi) is 5.39. The predicted molar refractivity (Wildman–Crippen MR) is 95.4 cm³/mol. The lowest BCUT2D eigenvalue weighted by Gasteiger charge is -2.10. The van der Waals surface area contributed by atoms with Gasteiger partial charge in [-0.25, -0.2) is 13.2 Å². The quantitative estimate of drug-likeness (QED) is 0.617. The molecule has 1 unspecified atom stereocenters. The number of fused-ring (bicyclic) bond motifs is 1. The van der Waals surface area contributed by atoms with Gasteiger partial charge in [-0.15, -0.1) is 0 Å². The van der Waals surface area contributed by atoms with Crippen LogP contribution in [0.25, 0.3) is 6.08 Å². The number of carbonyl (C=O) groups excluding carboxylic acids is 1. The summed E-state index contributed by atoms with van der Waals surface area (Å²) in [5.41, 5.74) is 1.20. The number of amides is 1. The van der Waals surface area contributed by atoms with Crippen molar-refractivity contribution >= 4 is 17.7 Å². The summed E-state index contributed by atoms with van der Waals surface area (Å²) < 4.78 is 51.2. The van der Waals surface area contributed by atoms with Crippen LogP contribution in [0.4, 0.5) is 18.9 Å². The number of halogens is 3. The van der Waals surface area contributed by atoms with Gasteiger partial charge in [0.05, 0.1) is 12.3 Å². The minimum atomic E-state index is -1.64. The maximum Gasteiger partial charge on any atom is 0.248 e. The molecule has 0 radical (unpaired) electrons. The third-order valence-electron chi connectivity index (χ3n) is 4.04. The molecule has 142 valence electrons. The fraction of sp³-hybridized carbons (Fsp3) is 0.250. The first kappa shape index (κ1) is 18.8. The van der Waals surface area contributed by atoms with Crippen molar-refractivity contribution < 1.29 is 27.4 Å². The Labute approximate surface area is 154 Å². The zero-order chi connectivity index (χ0) is 19.6. The predicted octanol–water partition coefficient (Wildman–Crippen LogP) is 4.48. The van der Waals surface area contributed by atoms with Crippen molar-refractivity contribution in [1.29, 1.82) is 0 Å². The van der Waals surface area contributed by atoms with Crippen LogP contribution in [0.1, 0.15) is 25.0 Å². The Morgan fingerprint density at radius 1 is 1.30 bits per heavy atom. The van der Waals surface area contributed by atoms with Crippen molar-refractivity contribution in [2.45, 2.75) is 26.4 Å². The van der Waals surface area contributed by atoms with Gasteiger partial charge >= 0.3 is 0 Å². The highest BCUT2D eigenvalue weighted by Gasteiger charge is 2.21. The van der Waals surface area contributed by atoms with Gasteiger partial charge in [-0.2, -0.15) is 0 Å². The maximum absolute atomic E-state index is 13.6. The van der Waals surface area contributed by atoms with Gasteiger partial charge in [-0.3, -0.25) is 4.79 Å². The zero-order valence-corrected chi connectivity index (χ0v) is 14.8. The molecule has 0 fully saturated rings. The summed E-state index contributed by atoms with van der Waals surface area (Å²) in [5.74, 6) is -3.80. The number of rotatable bonds is 5. The summed E-state index contributed by atoms with van der Waals surface area (Å²) in [4.78, 5) is 12.0. The summed E-state index contributed by atoms with van der Waals surface area (Å²) in [6.45, 7) is 4.25. The Hall–Kier alpha value is -2.96. The van der Waals surface area contributed by atoms with Crippen LogP contribution in [0.2, 0.25) is 0 Å². The van der Waals surface area contributed by atoms with Gasteiger partial charge < -0.3 is 14.8 Å². The molecule has 0 aliphatic carbocycles. The molecule has 1 heterocycles. The third-order valence-corrected chi connectivity index (χ3v) is 4.04. The van der Waals surface area contributed by atoms with Gasteiger partial charge in [0.15, 0.2) is 17.5 Å². The summed E-state index contributed by atoms with van der Waals surface area (Å²) in [5, 5.41) is 2.18. The normalized spacial score (nSPS) is 15.5. The zero-order valence-electron chi connectivity index (χ0n) is 14.8. The van der Waals surface area contributed by atoms with Crippen LogP contribution in [-0.4, -0.2) is 18.6 Å². The van der Waals surface area contributed by atoms with Crippen LogP contribution in [0.5, 0.6) is 11.5 Å². The van der Waals surface area contributed by atoms with Crippen LogP contribution in [-0.2, 0) is 11.2 Å². The van der Waals surface area contributed by atoms with E-state index >= 15 is 0 Å². The van der Waals surface area contributed by atoms with Gasteiger partial charge in [0, 0.05) is 23.6 Å². The highest BCUT2D eigenvalue weighted by Crippen LogP contribution is 2.35. The Balaban J connectivity index is 1.80. The average molecular weight is 377 g/mol. The average Bonchev–Trinajstić information content (AvgIpc) is 2.99. The van der Waals surface area contributed by atoms with Crippen molar-refractivity contribution in [3.05, 3.63) is 58.9 Å². The van der Waals surface area contributed by atoms with E-state index in [4.69, 9.17) is 9.47 Å². The molecule has 2 aromatic carbocycles. The topological polar surface area (TPSA) is 47.6 Å². The number of benzene rings is 2. The highest BCUT2D eigenvalue weighted by atomic mass is 19.2. The molecule has 0 saturated heterocycles. The SMILES string of the molecule is CCOc1cc2c(cc1/C=C/C(=O)Nc1ccc(F)c(F)c1F)OC(C)C2. The third kappa shape index (κ3) is 4.07. The van der Waals surface area contributed by atoms with Crippen molar-refractivity contribution in [2.24, 2.45) is 0 Å². The molecule has 1 aliphatic heterocycles. The second-order valence-electron chi connectivity index (χ2n) is 6.11. The molecule has 1 aliphatic rings. The smallest absolute Gasteiger partial charge is 0.248 e. The molecule has 1 atom stereocenters. The monoisotopic (exact) mass is 377 g/mol. The standard InChI is InChI=1S/C20H18F3NO3/c1-3-26-16-10-13-8-11(2)27-17(13)9-12(16)4-7-18(25)24-15-6-5-14(21)19(22)20(15)23/h4-7,9-11H,3,8H2,1-2H3,(H,24,25)/b7-4+. The van der Waals surface area contributed by atoms with E-state index in [1.807, 2.05) is 19.9 Å². The molecule has 2 aromatic rings. The van der Waals surface area contributed by atoms with E-state index < -0.39 is 29.0 Å². The van der Waals surface area contributed by atoms with Gasteiger partial charge in [0.1, 0.15) is 17.6 Å². The van der Waals surface area contributed by atoms with Crippen LogP contribution >= 0.6 is 0 Å². The lowest BCUT2D eigenvalue weighted by Crippen LogP contribution is -2.10. The maximum atomic E-state index is 13.6. The van der Waals surface area contributed by atoms with E-state index in [2.05, 4.69) is 5.32 Å². The second-order valence-corrected chi connectivity index (χ2v) is 6.11. The Morgan fingerprint density at radius 3 is 2.81 bits per heavy atom. The summed E-state index contributed by atoms with van der Waals surface area (Å²) in [6.07, 6.45) is 3.48. The number of ether oxygens (including phenoxy) is 2. The second kappa shape index (κ2) is 7.73. The molecule has 0 spiro atoms. The first-order chi connectivity index (χ1) is 12.9. The van der Waals surface area contributed by atoms with E-state index in [-0.39, 0.29) is 6.10 Å². The molecule has 1 amide bonds. The van der Waals surface area contributed by atoms with E-state index in [9.17, 15) is 18.0 Å². The molecule has 1 N–H and O–H groups in total. The van der Waals surface area contributed by atoms with Gasteiger partial charge in [-0.05, 0) is 44.2 Å². The van der Waals surface area contributed by atoms with Crippen LogP contribution in [0, 0.1) is 17.5 Å². The fourth-order valence-corrected chi connectivity index (χ4v) is 2.83. The van der Waals surface area contributed by atoms with E-state index in [0.29, 0.717) is 17.9 Å². The minimum absolute atomic E-state index is 0.0633. The van der Waals surface area contributed by atoms with Crippen molar-refractivity contribution in [1.82, 2.24) is 0 Å². The number of anilines is 1. The molecular weight excluding hydrogens is 359 g/mol. The van der Waals surface area contributed by atoms with E-state index in [1.165, 1.54) is 6.08 Å². The molecule has 3 rings (SSSR count). The number of nitrogens with one attached hydrogen (secondary N) is 1. The van der Waals surface area contributed by atoms with Crippen LogP contribution < -0.4 is 14.8 Å². The first-order valence-corrected chi connectivity index (χ1v) is 8.48. The van der Waals surface area contributed by atoms with Crippen molar-refractivity contribution in [3.63, 3.8) is 0 Å².